The van der Waals surface area contributed by atoms with Crippen molar-refractivity contribution >= 4 is 27.5 Å². The van der Waals surface area contributed by atoms with Crippen molar-refractivity contribution in [2.75, 3.05) is 4.31 Å². The van der Waals surface area contributed by atoms with E-state index in [1.165, 1.54) is 11.2 Å². The molecule has 0 spiro atoms. The van der Waals surface area contributed by atoms with Crippen LogP contribution in [0.4, 0.5) is 5.69 Å². The maximum atomic E-state index is 5.83. The Morgan fingerprint density at radius 2 is 1.69 bits per heavy atom. The van der Waals surface area contributed by atoms with Crippen molar-refractivity contribution in [1.29, 1.82) is 0 Å². The van der Waals surface area contributed by atoms with Crippen molar-refractivity contribution < 1.29 is 0 Å². The topological polar surface area (TPSA) is 3.24 Å². The molecule has 1 nitrogen and oxygen atoms in total. The number of nitrogens with zero attached hydrogens (tertiary/aromatic N) is 1. The smallest absolute Gasteiger partial charge is 0.0616 e. The lowest BCUT2D eigenvalue weighted by atomic mass is 10.1. The van der Waals surface area contributed by atoms with Crippen LogP contribution in [0, 0.1) is 0 Å². The third-order valence-corrected chi connectivity index (χ3v) is 2.98. The van der Waals surface area contributed by atoms with Gasteiger partial charge in [-0.1, -0.05) is 18.2 Å². The van der Waals surface area contributed by atoms with Crippen LogP contribution in [-0.4, -0.2) is 5.54 Å². The first-order valence-corrected chi connectivity index (χ1v) is 5.79. The lowest BCUT2D eigenvalue weighted by molar-refractivity contribution is 0.591. The summed E-state index contributed by atoms with van der Waals surface area (Å²) in [5.41, 5.74) is 1.17. The summed E-state index contributed by atoms with van der Waals surface area (Å²) in [6.45, 7) is 6.40. The van der Waals surface area contributed by atoms with Crippen molar-refractivity contribution in [3.05, 3.63) is 30.3 Å². The Hall–Kier alpha value is -0.340. The second-order valence-corrected chi connectivity index (χ2v) is 4.79. The van der Waals surface area contributed by atoms with Gasteiger partial charge in [0.25, 0.3) is 0 Å². The van der Waals surface area contributed by atoms with E-state index in [1.807, 2.05) is 18.2 Å². The third-order valence-electron chi connectivity index (χ3n) is 1.67. The summed E-state index contributed by atoms with van der Waals surface area (Å²) in [4.78, 5) is 0. The first kappa shape index (κ1) is 10.7. The van der Waals surface area contributed by atoms with Crippen molar-refractivity contribution in [2.45, 2.75) is 26.3 Å². The molecule has 3 heteroatoms. The van der Waals surface area contributed by atoms with Crippen molar-refractivity contribution in [2.24, 2.45) is 0 Å². The van der Waals surface area contributed by atoms with Crippen molar-refractivity contribution in [3.63, 3.8) is 0 Å². The molecule has 0 atom stereocenters. The number of hydrogen-bond donors (Lipinski definition) is 0. The van der Waals surface area contributed by atoms with Crippen LogP contribution < -0.4 is 4.31 Å². The molecule has 0 aromatic heterocycles. The number of benzene rings is 1. The molecular formula is C10H14ClNS. The lowest BCUT2D eigenvalue weighted by Crippen LogP contribution is -2.34. The van der Waals surface area contributed by atoms with Gasteiger partial charge in [-0.3, -0.25) is 4.31 Å². The molecule has 0 fully saturated rings. The molecule has 1 rings (SSSR count). The van der Waals surface area contributed by atoms with Crippen LogP contribution in [0.5, 0.6) is 0 Å². The molecule has 0 aliphatic heterocycles. The average Bonchev–Trinajstić information content (AvgIpc) is 2.05. The molecule has 1 aromatic carbocycles. The number of halogens is 1. The molecule has 0 radical (unpaired) electrons. The fourth-order valence-electron chi connectivity index (χ4n) is 1.09. The zero-order chi connectivity index (χ0) is 9.90. The first-order chi connectivity index (χ1) is 6.05. The van der Waals surface area contributed by atoms with E-state index in [-0.39, 0.29) is 5.54 Å². The van der Waals surface area contributed by atoms with Crippen LogP contribution in [0.25, 0.3) is 0 Å². The largest absolute Gasteiger partial charge is 0.298 e. The number of anilines is 1. The zero-order valence-corrected chi connectivity index (χ0v) is 9.69. The van der Waals surface area contributed by atoms with Crippen molar-refractivity contribution in [1.82, 2.24) is 0 Å². The van der Waals surface area contributed by atoms with Gasteiger partial charge in [-0.05, 0) is 43.6 Å². The Morgan fingerprint density at radius 3 is 2.08 bits per heavy atom. The van der Waals surface area contributed by atoms with Gasteiger partial charge >= 0.3 is 0 Å². The van der Waals surface area contributed by atoms with Crippen LogP contribution in [-0.2, 0) is 0 Å². The predicted molar refractivity (Wildman–Crippen MR) is 62.1 cm³/mol. The SMILES string of the molecule is CC(C)(C)N(SCl)c1ccccc1. The zero-order valence-electron chi connectivity index (χ0n) is 8.12. The lowest BCUT2D eigenvalue weighted by Gasteiger charge is -2.33. The maximum absolute atomic E-state index is 5.83. The van der Waals surface area contributed by atoms with Gasteiger partial charge in [0.1, 0.15) is 0 Å². The van der Waals surface area contributed by atoms with Gasteiger partial charge in [0, 0.05) is 11.2 Å². The summed E-state index contributed by atoms with van der Waals surface area (Å²) in [6, 6.07) is 10.1. The second-order valence-electron chi connectivity index (χ2n) is 3.87. The molecule has 72 valence electrons. The maximum Gasteiger partial charge on any atom is 0.0616 e. The Balaban J connectivity index is 2.92. The summed E-state index contributed by atoms with van der Waals surface area (Å²) < 4.78 is 2.08. The van der Waals surface area contributed by atoms with Gasteiger partial charge in [-0.2, -0.15) is 0 Å². The average molecular weight is 216 g/mol. The highest BCUT2D eigenvalue weighted by Crippen LogP contribution is 2.32. The molecule has 0 amide bonds. The summed E-state index contributed by atoms with van der Waals surface area (Å²) >= 11 is 1.24. The van der Waals surface area contributed by atoms with Crippen LogP contribution in [0.15, 0.2) is 30.3 Å². The van der Waals surface area contributed by atoms with E-state index >= 15 is 0 Å². The minimum absolute atomic E-state index is 0.0355. The Kier molecular flexibility index (Phi) is 3.51. The number of para-hydroxylation sites is 1. The fraction of sp³-hybridized carbons (Fsp3) is 0.400. The monoisotopic (exact) mass is 215 g/mol. The molecule has 0 aliphatic carbocycles. The second kappa shape index (κ2) is 4.25. The van der Waals surface area contributed by atoms with Gasteiger partial charge in [0.05, 0.1) is 11.2 Å². The Morgan fingerprint density at radius 1 is 1.15 bits per heavy atom. The molecule has 0 bridgehead atoms. The minimum atomic E-state index is 0.0355. The highest BCUT2D eigenvalue weighted by molar-refractivity contribution is 8.22. The predicted octanol–water partition coefficient (Wildman–Crippen LogP) is 4.09. The van der Waals surface area contributed by atoms with Gasteiger partial charge in [0.2, 0.25) is 0 Å². The molecule has 1 aromatic rings. The van der Waals surface area contributed by atoms with E-state index in [2.05, 4.69) is 37.2 Å². The molecule has 0 saturated heterocycles. The van der Waals surface area contributed by atoms with Crippen LogP contribution in [0.3, 0.4) is 0 Å². The van der Waals surface area contributed by atoms with Crippen LogP contribution >= 0.6 is 21.8 Å². The van der Waals surface area contributed by atoms with E-state index in [0.717, 1.165) is 5.69 Å². The first-order valence-electron chi connectivity index (χ1n) is 4.19. The van der Waals surface area contributed by atoms with Gasteiger partial charge in [0.15, 0.2) is 0 Å². The van der Waals surface area contributed by atoms with Gasteiger partial charge in [-0.25, -0.2) is 0 Å². The van der Waals surface area contributed by atoms with Crippen LogP contribution in [0.1, 0.15) is 20.8 Å². The quantitative estimate of drug-likeness (QED) is 0.684. The summed E-state index contributed by atoms with van der Waals surface area (Å²) in [5, 5.41) is 0. The highest BCUT2D eigenvalue weighted by atomic mass is 35.7. The molecule has 0 saturated carbocycles. The summed E-state index contributed by atoms with van der Waals surface area (Å²) in [5.74, 6) is 0. The minimum Gasteiger partial charge on any atom is -0.298 e. The van der Waals surface area contributed by atoms with E-state index in [9.17, 15) is 0 Å². The van der Waals surface area contributed by atoms with E-state index < -0.39 is 0 Å². The van der Waals surface area contributed by atoms with E-state index in [0.29, 0.717) is 0 Å². The Labute approximate surface area is 88.7 Å². The number of hydrogen-bond acceptors (Lipinski definition) is 2. The Bertz CT molecular complexity index is 255. The van der Waals surface area contributed by atoms with E-state index in [4.69, 9.17) is 10.7 Å². The van der Waals surface area contributed by atoms with Crippen LogP contribution in [0.2, 0.25) is 0 Å². The molecule has 0 N–H and O–H groups in total. The highest BCUT2D eigenvalue weighted by Gasteiger charge is 2.21. The number of rotatable bonds is 2. The molecule has 0 unspecified atom stereocenters. The molecular weight excluding hydrogens is 202 g/mol. The summed E-state index contributed by atoms with van der Waals surface area (Å²) in [6.07, 6.45) is 0. The van der Waals surface area contributed by atoms with Gasteiger partial charge in [-0.15, -0.1) is 0 Å². The standard InChI is InChI=1S/C10H14ClNS/c1-10(2,3)12(13-11)9-7-5-4-6-8-9/h4-8H,1-3H3. The van der Waals surface area contributed by atoms with E-state index in [1.54, 1.807) is 0 Å². The fourth-order valence-corrected chi connectivity index (χ4v) is 2.36. The molecule has 13 heavy (non-hydrogen) atoms. The van der Waals surface area contributed by atoms with Crippen molar-refractivity contribution in [3.8, 4) is 0 Å². The third kappa shape index (κ3) is 2.82. The normalized spacial score (nSPS) is 11.4. The molecule has 0 heterocycles. The van der Waals surface area contributed by atoms with Gasteiger partial charge < -0.3 is 0 Å². The summed E-state index contributed by atoms with van der Waals surface area (Å²) in [7, 11) is 5.83. The molecule has 0 aliphatic rings.